The van der Waals surface area contributed by atoms with Crippen molar-refractivity contribution in [3.8, 4) is 0 Å². The van der Waals surface area contributed by atoms with Crippen LogP contribution < -0.4 is 0 Å². The predicted molar refractivity (Wildman–Crippen MR) is 94.8 cm³/mol. The molecule has 1 N–H and O–H groups in total. The smallest absolute Gasteiger partial charge is 0.314 e. The fraction of sp³-hybridized carbons (Fsp3) is 0.250. The molecule has 0 aliphatic carbocycles. The van der Waals surface area contributed by atoms with Crippen molar-refractivity contribution in [2.75, 3.05) is 13.1 Å². The van der Waals surface area contributed by atoms with Crippen LogP contribution in [-0.4, -0.2) is 40.0 Å². The van der Waals surface area contributed by atoms with Crippen molar-refractivity contribution in [1.29, 1.82) is 0 Å². The molecule has 1 amide bonds. The minimum absolute atomic E-state index is 0.101. The van der Waals surface area contributed by atoms with Crippen LogP contribution in [0.1, 0.15) is 24.0 Å². The summed E-state index contributed by atoms with van der Waals surface area (Å²) in [7, 11) is 0. The highest BCUT2D eigenvalue weighted by Crippen LogP contribution is 2.36. The molecule has 2 heterocycles. The lowest BCUT2D eigenvalue weighted by molar-refractivity contribution is -0.147. The Balaban J connectivity index is 1.69. The summed E-state index contributed by atoms with van der Waals surface area (Å²) in [6.45, 7) is 0.856. The molecule has 0 saturated carbocycles. The molecule has 128 valence electrons. The number of pyridine rings is 1. The largest absolute Gasteiger partial charge is 0.481 e. The number of aliphatic carboxylic acids is 1. The zero-order valence-electron chi connectivity index (χ0n) is 13.8. The Morgan fingerprint density at radius 1 is 1.08 bits per heavy atom. The lowest BCUT2D eigenvalue weighted by atomic mass is 9.73. The molecule has 25 heavy (non-hydrogen) atoms. The van der Waals surface area contributed by atoms with Crippen LogP contribution in [0.3, 0.4) is 0 Å². The number of carboxylic acids is 1. The van der Waals surface area contributed by atoms with Crippen molar-refractivity contribution < 1.29 is 14.7 Å². The van der Waals surface area contributed by atoms with Crippen molar-refractivity contribution in [2.24, 2.45) is 0 Å². The molecule has 3 rings (SSSR count). The minimum atomic E-state index is -0.912. The maximum absolute atomic E-state index is 12.4. The highest BCUT2D eigenvalue weighted by atomic mass is 16.4. The monoisotopic (exact) mass is 336 g/mol. The van der Waals surface area contributed by atoms with Crippen molar-refractivity contribution in [3.05, 3.63) is 72.1 Å². The van der Waals surface area contributed by atoms with E-state index in [0.717, 1.165) is 11.1 Å². The van der Waals surface area contributed by atoms with E-state index in [0.29, 0.717) is 25.9 Å². The molecule has 0 radical (unpaired) electrons. The molecule has 2 aromatic rings. The van der Waals surface area contributed by atoms with Gasteiger partial charge < -0.3 is 10.0 Å². The van der Waals surface area contributed by atoms with Crippen molar-refractivity contribution in [1.82, 2.24) is 9.88 Å². The van der Waals surface area contributed by atoms with E-state index in [1.54, 1.807) is 23.4 Å². The molecule has 1 aliphatic heterocycles. The van der Waals surface area contributed by atoms with Crippen LogP contribution in [0.25, 0.3) is 6.08 Å². The summed E-state index contributed by atoms with van der Waals surface area (Å²) in [5, 5.41) is 9.79. The quantitative estimate of drug-likeness (QED) is 0.872. The molecule has 1 aliphatic rings. The van der Waals surface area contributed by atoms with Crippen LogP contribution in [0.5, 0.6) is 0 Å². The number of aromatic nitrogens is 1. The number of benzene rings is 1. The van der Waals surface area contributed by atoms with Crippen LogP contribution in [-0.2, 0) is 15.0 Å². The highest BCUT2D eigenvalue weighted by molar-refractivity contribution is 5.92. The molecule has 0 bridgehead atoms. The zero-order chi connectivity index (χ0) is 17.7. The first-order valence-corrected chi connectivity index (χ1v) is 8.28. The highest BCUT2D eigenvalue weighted by Gasteiger charge is 2.43. The molecular formula is C20H20N2O3. The summed E-state index contributed by atoms with van der Waals surface area (Å²) in [5.74, 6) is -0.924. The molecule has 5 heteroatoms. The fourth-order valence-corrected chi connectivity index (χ4v) is 3.24. The molecule has 1 aromatic carbocycles. The van der Waals surface area contributed by atoms with Gasteiger partial charge >= 0.3 is 5.97 Å². The molecule has 0 unspecified atom stereocenters. The number of rotatable bonds is 4. The first-order valence-electron chi connectivity index (χ1n) is 8.28. The van der Waals surface area contributed by atoms with Crippen molar-refractivity contribution in [3.63, 3.8) is 0 Å². The van der Waals surface area contributed by atoms with Gasteiger partial charge in [-0.15, -0.1) is 0 Å². The van der Waals surface area contributed by atoms with E-state index in [1.807, 2.05) is 42.5 Å². The van der Waals surface area contributed by atoms with Gasteiger partial charge in [-0.2, -0.15) is 0 Å². The van der Waals surface area contributed by atoms with Gasteiger partial charge in [-0.25, -0.2) is 0 Å². The van der Waals surface area contributed by atoms with E-state index in [1.165, 1.54) is 6.08 Å². The Morgan fingerprint density at radius 3 is 2.40 bits per heavy atom. The van der Waals surface area contributed by atoms with Crippen LogP contribution in [0.4, 0.5) is 0 Å². The Morgan fingerprint density at radius 2 is 1.80 bits per heavy atom. The van der Waals surface area contributed by atoms with Gasteiger partial charge in [-0.3, -0.25) is 14.6 Å². The van der Waals surface area contributed by atoms with Crippen LogP contribution in [0, 0.1) is 0 Å². The average molecular weight is 336 g/mol. The third-order valence-electron chi connectivity index (χ3n) is 4.77. The lowest BCUT2D eigenvalue weighted by Crippen LogP contribution is -2.48. The van der Waals surface area contributed by atoms with Crippen LogP contribution in [0.2, 0.25) is 0 Å². The number of piperidine rings is 1. The van der Waals surface area contributed by atoms with Gasteiger partial charge in [-0.1, -0.05) is 36.4 Å². The van der Waals surface area contributed by atoms with E-state index in [-0.39, 0.29) is 5.91 Å². The number of carbonyl (C=O) groups is 2. The number of hydrogen-bond acceptors (Lipinski definition) is 3. The summed E-state index contributed by atoms with van der Waals surface area (Å²) < 4.78 is 0. The third kappa shape index (κ3) is 3.60. The standard InChI is InChI=1S/C20H20N2O3/c23-18(9-8-16-5-4-12-21-15-16)22-13-10-20(11-14-22,19(24)25)17-6-2-1-3-7-17/h1-9,12,15H,10-11,13-14H2,(H,24,25). The van der Waals surface area contributed by atoms with Gasteiger partial charge in [-0.05, 0) is 36.1 Å². The summed E-state index contributed by atoms with van der Waals surface area (Å²) in [6, 6.07) is 13.0. The number of carbonyl (C=O) groups excluding carboxylic acids is 1. The minimum Gasteiger partial charge on any atom is -0.481 e. The van der Waals surface area contributed by atoms with Gasteiger partial charge in [0.15, 0.2) is 0 Å². The Kier molecular flexibility index (Phi) is 4.93. The van der Waals surface area contributed by atoms with E-state index < -0.39 is 11.4 Å². The molecule has 0 spiro atoms. The van der Waals surface area contributed by atoms with Crippen LogP contribution >= 0.6 is 0 Å². The van der Waals surface area contributed by atoms with Gasteiger partial charge in [0, 0.05) is 31.6 Å². The summed E-state index contributed by atoms with van der Waals surface area (Å²) in [4.78, 5) is 30.0. The van der Waals surface area contributed by atoms with Gasteiger partial charge in [0.25, 0.3) is 0 Å². The molecule has 0 atom stereocenters. The maximum Gasteiger partial charge on any atom is 0.314 e. The van der Waals surface area contributed by atoms with Gasteiger partial charge in [0.1, 0.15) is 0 Å². The molecule has 1 saturated heterocycles. The number of carboxylic acid groups (broad SMARTS) is 1. The second-order valence-corrected chi connectivity index (χ2v) is 6.20. The first-order chi connectivity index (χ1) is 12.1. The first kappa shape index (κ1) is 16.9. The Hall–Kier alpha value is -2.95. The van der Waals surface area contributed by atoms with E-state index in [2.05, 4.69) is 4.98 Å². The third-order valence-corrected chi connectivity index (χ3v) is 4.77. The van der Waals surface area contributed by atoms with E-state index >= 15 is 0 Å². The SMILES string of the molecule is O=C(C=Cc1cccnc1)N1CCC(C(=O)O)(c2ccccc2)CC1. The van der Waals surface area contributed by atoms with Crippen LogP contribution in [0.15, 0.2) is 60.9 Å². The normalized spacial score (nSPS) is 16.7. The van der Waals surface area contributed by atoms with Crippen molar-refractivity contribution >= 4 is 18.0 Å². The van der Waals surface area contributed by atoms with Gasteiger partial charge in [0.05, 0.1) is 5.41 Å². The van der Waals surface area contributed by atoms with Gasteiger partial charge in [0.2, 0.25) is 5.91 Å². The fourth-order valence-electron chi connectivity index (χ4n) is 3.24. The summed E-state index contributed by atoms with van der Waals surface area (Å²) in [5.41, 5.74) is 0.753. The Bertz CT molecular complexity index is 764. The molecule has 1 fully saturated rings. The van der Waals surface area contributed by atoms with E-state index in [9.17, 15) is 14.7 Å². The topological polar surface area (TPSA) is 70.5 Å². The summed E-state index contributed by atoms with van der Waals surface area (Å²) in [6.07, 6.45) is 7.44. The zero-order valence-corrected chi connectivity index (χ0v) is 13.8. The van der Waals surface area contributed by atoms with E-state index in [4.69, 9.17) is 0 Å². The molecule has 1 aromatic heterocycles. The average Bonchev–Trinajstić information content (AvgIpc) is 2.67. The maximum atomic E-state index is 12.4. The lowest BCUT2D eigenvalue weighted by Gasteiger charge is -2.38. The summed E-state index contributed by atoms with van der Waals surface area (Å²) >= 11 is 0. The number of hydrogen-bond donors (Lipinski definition) is 1. The molecule has 5 nitrogen and oxygen atoms in total. The number of nitrogens with zero attached hydrogens (tertiary/aromatic N) is 2. The second kappa shape index (κ2) is 7.30. The number of amides is 1. The number of likely N-dealkylation sites (tertiary alicyclic amines) is 1. The molecular weight excluding hydrogens is 316 g/mol. The van der Waals surface area contributed by atoms with Crippen molar-refractivity contribution in [2.45, 2.75) is 18.3 Å². The Labute approximate surface area is 146 Å². The second-order valence-electron chi connectivity index (χ2n) is 6.20. The predicted octanol–water partition coefficient (Wildman–Crippen LogP) is 2.74.